The number of aromatic hydroxyl groups is 1. The van der Waals surface area contributed by atoms with Crippen molar-refractivity contribution in [2.45, 2.75) is 37.2 Å². The number of benzene rings is 1. The summed E-state index contributed by atoms with van der Waals surface area (Å²) in [4.78, 5) is 69.3. The van der Waals surface area contributed by atoms with Crippen LogP contribution < -0.4 is 16.0 Å². The van der Waals surface area contributed by atoms with E-state index in [0.29, 0.717) is 11.3 Å². The van der Waals surface area contributed by atoms with Crippen molar-refractivity contribution in [3.63, 3.8) is 0 Å². The van der Waals surface area contributed by atoms with E-state index in [2.05, 4.69) is 5.32 Å². The number of alkyl halides is 3. The number of rotatable bonds is 6. The van der Waals surface area contributed by atoms with E-state index in [1.165, 1.54) is 25.1 Å². The van der Waals surface area contributed by atoms with Gasteiger partial charge >= 0.3 is 6.18 Å². The van der Waals surface area contributed by atoms with Gasteiger partial charge in [0.25, 0.3) is 0 Å². The second-order valence-electron chi connectivity index (χ2n) is 11.2. The van der Waals surface area contributed by atoms with E-state index in [-0.39, 0.29) is 24.0 Å². The van der Waals surface area contributed by atoms with Crippen molar-refractivity contribution in [3.05, 3.63) is 22.8 Å². The molecule has 0 aliphatic heterocycles. The average molecular weight is 569 g/mol. The maximum Gasteiger partial charge on any atom is 0.401 e. The monoisotopic (exact) mass is 568 g/mol. The molecule has 218 valence electrons. The number of likely N-dealkylation sites (N-methyl/N-ethyl adjacent to an activating group) is 1. The van der Waals surface area contributed by atoms with Gasteiger partial charge in [-0.15, -0.1) is 0 Å². The van der Waals surface area contributed by atoms with E-state index >= 15 is 0 Å². The number of carbonyl (C=O) groups is 5. The Labute approximate surface area is 227 Å². The van der Waals surface area contributed by atoms with Crippen LogP contribution in [0.5, 0.6) is 5.75 Å². The van der Waals surface area contributed by atoms with Crippen LogP contribution in [0.2, 0.25) is 0 Å². The van der Waals surface area contributed by atoms with Crippen molar-refractivity contribution < 1.29 is 47.4 Å². The van der Waals surface area contributed by atoms with Gasteiger partial charge in [-0.05, 0) is 44.5 Å². The van der Waals surface area contributed by atoms with E-state index < -0.39 is 89.4 Å². The molecular weight excluding hydrogens is 537 g/mol. The van der Waals surface area contributed by atoms with Crippen LogP contribution in [-0.2, 0) is 32.1 Å². The molecule has 0 radical (unpaired) electrons. The van der Waals surface area contributed by atoms with Crippen molar-refractivity contribution in [1.82, 2.24) is 10.2 Å². The molecule has 0 aromatic heterocycles. The summed E-state index contributed by atoms with van der Waals surface area (Å²) in [6.45, 7) is -1.78. The van der Waals surface area contributed by atoms with Gasteiger partial charge in [-0.25, -0.2) is 0 Å². The maximum absolute atomic E-state index is 13.9. The second-order valence-corrected chi connectivity index (χ2v) is 11.2. The fourth-order valence-corrected chi connectivity index (χ4v) is 6.58. The quantitative estimate of drug-likeness (QED) is 0.331. The molecule has 0 heterocycles. The number of carbonyl (C=O) groups excluding carboxylic acids is 5. The molecule has 6 atom stereocenters. The zero-order valence-electron chi connectivity index (χ0n) is 22.3. The molecule has 2 saturated carbocycles. The Morgan fingerprint density at radius 2 is 1.77 bits per heavy atom. The second kappa shape index (κ2) is 9.93. The lowest BCUT2D eigenvalue weighted by Crippen LogP contribution is -2.74. The zero-order chi connectivity index (χ0) is 30.1. The highest BCUT2D eigenvalue weighted by atomic mass is 19.4. The molecule has 1 aromatic rings. The van der Waals surface area contributed by atoms with Gasteiger partial charge in [0.2, 0.25) is 5.91 Å². The van der Waals surface area contributed by atoms with Crippen LogP contribution in [-0.4, -0.2) is 96.7 Å². The molecule has 1 aromatic carbocycles. The average Bonchev–Trinajstić information content (AvgIpc) is 2.81. The summed E-state index contributed by atoms with van der Waals surface area (Å²) in [5.41, 5.74) is 2.95. The van der Waals surface area contributed by atoms with Crippen LogP contribution in [0.25, 0.3) is 0 Å². The van der Waals surface area contributed by atoms with Gasteiger partial charge in [0.1, 0.15) is 5.75 Å². The van der Waals surface area contributed by atoms with Gasteiger partial charge in [-0.3, -0.25) is 28.9 Å². The first-order valence-electron chi connectivity index (χ1n) is 12.6. The van der Waals surface area contributed by atoms with Crippen LogP contribution in [0.15, 0.2) is 6.07 Å². The summed E-state index contributed by atoms with van der Waals surface area (Å²) in [6.07, 6.45) is -4.57. The molecule has 2 fully saturated rings. The molecule has 11 nitrogen and oxygen atoms in total. The molecule has 3 aliphatic rings. The van der Waals surface area contributed by atoms with Crippen LogP contribution in [0.1, 0.15) is 27.9 Å². The Kier molecular flexibility index (Phi) is 7.35. The number of Topliss-reactive ketones (excluding diaryl/α,β-unsaturated/α-hetero) is 4. The Balaban J connectivity index is 1.83. The number of phenols is 1. The number of ketones is 4. The first kappa shape index (κ1) is 29.6. The molecule has 3 aliphatic carbocycles. The normalized spacial score (nSPS) is 30.2. The molecule has 4 rings (SSSR count). The molecule has 40 heavy (non-hydrogen) atoms. The number of nitrogens with two attached hydrogens (primary N) is 1. The van der Waals surface area contributed by atoms with E-state index in [4.69, 9.17) is 5.73 Å². The largest absolute Gasteiger partial charge is 0.507 e. The number of nitrogens with zero attached hydrogens (tertiary/aromatic N) is 2. The summed E-state index contributed by atoms with van der Waals surface area (Å²) >= 11 is 0. The minimum absolute atomic E-state index is 0.0147. The molecular formula is C26H31F3N4O7. The third-order valence-corrected chi connectivity index (χ3v) is 8.24. The predicted molar refractivity (Wildman–Crippen MR) is 133 cm³/mol. The lowest BCUT2D eigenvalue weighted by molar-refractivity contribution is -0.181. The Morgan fingerprint density at radius 1 is 1.15 bits per heavy atom. The van der Waals surface area contributed by atoms with Gasteiger partial charge in [-0.2, -0.15) is 13.2 Å². The first-order chi connectivity index (χ1) is 18.4. The first-order valence-corrected chi connectivity index (χ1v) is 12.6. The number of halogens is 3. The van der Waals surface area contributed by atoms with Gasteiger partial charge in [0, 0.05) is 37.8 Å². The molecule has 0 saturated heterocycles. The van der Waals surface area contributed by atoms with E-state index in [0.717, 1.165) is 0 Å². The van der Waals surface area contributed by atoms with Crippen LogP contribution in [0.3, 0.4) is 0 Å². The number of anilines is 1. The number of hydrogen-bond donors (Lipinski definition) is 4. The van der Waals surface area contributed by atoms with Crippen LogP contribution >= 0.6 is 0 Å². The predicted octanol–water partition coefficient (Wildman–Crippen LogP) is -0.415. The lowest BCUT2D eigenvalue weighted by atomic mass is 9.52. The third-order valence-electron chi connectivity index (χ3n) is 8.24. The van der Waals surface area contributed by atoms with Gasteiger partial charge < -0.3 is 26.2 Å². The number of primary amides is 1. The Hall–Kier alpha value is -3.36. The molecule has 1 amide bonds. The van der Waals surface area contributed by atoms with Gasteiger partial charge in [0.15, 0.2) is 34.7 Å². The van der Waals surface area contributed by atoms with Crippen molar-refractivity contribution in [3.8, 4) is 5.75 Å². The number of aliphatic hydroxyl groups is 1. The highest BCUT2D eigenvalue weighted by Crippen LogP contribution is 2.52. The maximum atomic E-state index is 13.9. The molecule has 0 spiro atoms. The summed E-state index contributed by atoms with van der Waals surface area (Å²) in [5.74, 6) is -11.9. The topological polar surface area (TPSA) is 170 Å². The molecule has 5 N–H and O–H groups in total. The Bertz CT molecular complexity index is 1310. The molecule has 0 bridgehead atoms. The van der Waals surface area contributed by atoms with Gasteiger partial charge in [0.05, 0.1) is 24.1 Å². The third kappa shape index (κ3) is 4.47. The zero-order valence-corrected chi connectivity index (χ0v) is 22.3. The highest BCUT2D eigenvalue weighted by Gasteiger charge is 2.69. The van der Waals surface area contributed by atoms with Crippen molar-refractivity contribution in [2.75, 3.05) is 39.6 Å². The number of hydrogen-bond acceptors (Lipinski definition) is 10. The summed E-state index contributed by atoms with van der Waals surface area (Å²) in [7, 11) is 6.27. The van der Waals surface area contributed by atoms with Crippen LogP contribution in [0, 0.1) is 23.7 Å². The van der Waals surface area contributed by atoms with Crippen molar-refractivity contribution in [2.24, 2.45) is 29.4 Å². The number of fused-ring (bicyclic) bond motifs is 3. The molecule has 14 heteroatoms. The fraction of sp³-hybridized carbons (Fsp3) is 0.577. The summed E-state index contributed by atoms with van der Waals surface area (Å²) in [5, 5.41) is 24.8. The van der Waals surface area contributed by atoms with Crippen LogP contribution in [0.4, 0.5) is 18.9 Å². The smallest absolute Gasteiger partial charge is 0.401 e. The minimum Gasteiger partial charge on any atom is -0.507 e. The van der Waals surface area contributed by atoms with E-state index in [9.17, 15) is 47.4 Å². The van der Waals surface area contributed by atoms with Crippen molar-refractivity contribution in [1.29, 1.82) is 0 Å². The standard InChI is InChI=1S/C26H31F3N4O7/c1-32(2)14-7-11(8-31-9-25(27,28)29)19(34)16-12(14)5-10-6-13-18(33(3)4)21(36)17(24(30)39)23(38)26(13,40)22(37)15(10)20(16)35/h7,10,13,15,17-18,31,34,40H,5-6,8-9H2,1-4H3,(H2,30,39)/t10-,13-,15?,17?,18-,26-/m0/s1. The molecule has 2 unspecified atom stereocenters. The number of nitrogens with one attached hydrogen (secondary N) is 1. The lowest BCUT2D eigenvalue weighted by Gasteiger charge is -2.52. The van der Waals surface area contributed by atoms with Crippen molar-refractivity contribution >= 4 is 34.7 Å². The number of amides is 1. The highest BCUT2D eigenvalue weighted by molar-refractivity contribution is 6.32. The van der Waals surface area contributed by atoms with Gasteiger partial charge in [-0.1, -0.05) is 0 Å². The SMILES string of the molecule is CN(C)c1cc(CNCC(F)(F)F)c(O)c2c1C[C@H]1C[C@H]3[C@H](N(C)C)C(=O)C(C(N)=O)C(=O)[C@@]3(O)C(=O)C1C2=O. The summed E-state index contributed by atoms with van der Waals surface area (Å²) in [6, 6.07) is 0.241. The summed E-state index contributed by atoms with van der Waals surface area (Å²) < 4.78 is 38.1. The number of phenolic OH excluding ortho intramolecular Hbond substituents is 1. The van der Waals surface area contributed by atoms with E-state index in [1.54, 1.807) is 19.0 Å². The minimum atomic E-state index is -4.52. The fourth-order valence-electron chi connectivity index (χ4n) is 6.58. The van der Waals surface area contributed by atoms with E-state index in [1.807, 2.05) is 0 Å². The Morgan fingerprint density at radius 3 is 2.30 bits per heavy atom.